The van der Waals surface area contributed by atoms with Crippen LogP contribution in [0.4, 0.5) is 5.95 Å². The molecule has 0 radical (unpaired) electrons. The van der Waals surface area contributed by atoms with Gasteiger partial charge >= 0.3 is 0 Å². The minimum absolute atomic E-state index is 0.161. The summed E-state index contributed by atoms with van der Waals surface area (Å²) in [4.78, 5) is 23.5. The third-order valence-corrected chi connectivity index (χ3v) is 7.73. The van der Waals surface area contributed by atoms with Gasteiger partial charge in [-0.3, -0.25) is 9.36 Å². The zero-order valence-electron chi connectivity index (χ0n) is 18.5. The zero-order chi connectivity index (χ0) is 23.1. The van der Waals surface area contributed by atoms with E-state index in [4.69, 9.17) is 9.40 Å². The molecule has 10 heteroatoms. The lowest BCUT2D eigenvalue weighted by molar-refractivity contribution is 0.583. The van der Waals surface area contributed by atoms with E-state index in [0.717, 1.165) is 48.3 Å². The molecule has 1 aliphatic heterocycles. The molecule has 0 unspecified atom stereocenters. The van der Waals surface area contributed by atoms with Crippen molar-refractivity contribution in [2.45, 2.75) is 30.7 Å². The summed E-state index contributed by atoms with van der Waals surface area (Å²) in [5, 5.41) is 12.3. The molecule has 0 aliphatic carbocycles. The predicted octanol–water partition coefficient (Wildman–Crippen LogP) is 5.03. The highest BCUT2D eigenvalue weighted by Crippen LogP contribution is 2.33. The van der Waals surface area contributed by atoms with Crippen molar-refractivity contribution in [3.05, 3.63) is 69.8 Å². The fraction of sp³-hybridized carbons (Fsp3) is 0.250. The maximum atomic E-state index is 12.9. The van der Waals surface area contributed by atoms with Gasteiger partial charge in [0.2, 0.25) is 5.95 Å². The van der Waals surface area contributed by atoms with E-state index >= 15 is 0 Å². The smallest absolute Gasteiger partial charge is 0.260 e. The summed E-state index contributed by atoms with van der Waals surface area (Å²) >= 11 is 2.96. The van der Waals surface area contributed by atoms with Crippen molar-refractivity contribution < 1.29 is 4.42 Å². The van der Waals surface area contributed by atoms with Gasteiger partial charge in [-0.15, -0.1) is 21.5 Å². The van der Waals surface area contributed by atoms with E-state index in [0.29, 0.717) is 27.6 Å². The number of anilines is 1. The van der Waals surface area contributed by atoms with Crippen molar-refractivity contribution in [1.29, 1.82) is 0 Å². The van der Waals surface area contributed by atoms with E-state index in [1.54, 1.807) is 6.26 Å². The third kappa shape index (κ3) is 3.82. The molecule has 4 aromatic heterocycles. The van der Waals surface area contributed by atoms with E-state index in [1.165, 1.54) is 28.7 Å². The summed E-state index contributed by atoms with van der Waals surface area (Å²) in [5.41, 5.74) is 2.84. The average Bonchev–Trinajstić information content (AvgIpc) is 3.64. The van der Waals surface area contributed by atoms with Crippen LogP contribution in [-0.4, -0.2) is 37.8 Å². The van der Waals surface area contributed by atoms with Crippen LogP contribution in [0.3, 0.4) is 0 Å². The SMILES string of the molecule is Cc1ccc(-n2c(SCc3nc4scc(-c5ccco5)c4c(=O)[nH]3)nnc2N2CCCC2)cc1. The van der Waals surface area contributed by atoms with Crippen LogP contribution in [0.5, 0.6) is 0 Å². The van der Waals surface area contributed by atoms with Crippen LogP contribution < -0.4 is 10.5 Å². The Morgan fingerprint density at radius 3 is 2.74 bits per heavy atom. The number of fused-ring (bicyclic) bond motifs is 1. The molecule has 0 bridgehead atoms. The lowest BCUT2D eigenvalue weighted by atomic mass is 10.2. The molecule has 1 aromatic carbocycles. The number of aryl methyl sites for hydroxylation is 1. The van der Waals surface area contributed by atoms with Gasteiger partial charge in [-0.25, -0.2) is 4.98 Å². The fourth-order valence-corrected chi connectivity index (χ4v) is 5.97. The van der Waals surface area contributed by atoms with Gasteiger partial charge in [0.1, 0.15) is 16.4 Å². The molecule has 8 nitrogen and oxygen atoms in total. The molecule has 5 heterocycles. The molecule has 0 atom stereocenters. The molecular formula is C24H22N6O2S2. The van der Waals surface area contributed by atoms with E-state index in [-0.39, 0.29) is 5.56 Å². The zero-order valence-corrected chi connectivity index (χ0v) is 20.2. The van der Waals surface area contributed by atoms with Crippen LogP contribution in [0, 0.1) is 6.92 Å². The summed E-state index contributed by atoms with van der Waals surface area (Å²) in [6.07, 6.45) is 3.93. The minimum atomic E-state index is -0.161. The molecule has 1 fully saturated rings. The minimum Gasteiger partial charge on any atom is -0.464 e. The number of nitrogens with one attached hydrogen (secondary N) is 1. The molecule has 1 aliphatic rings. The Morgan fingerprint density at radius 2 is 1.97 bits per heavy atom. The Labute approximate surface area is 203 Å². The van der Waals surface area contributed by atoms with E-state index < -0.39 is 0 Å². The number of aromatic nitrogens is 5. The number of aromatic amines is 1. The first-order valence-electron chi connectivity index (χ1n) is 11.1. The number of benzene rings is 1. The summed E-state index contributed by atoms with van der Waals surface area (Å²) in [6.45, 7) is 4.04. The summed E-state index contributed by atoms with van der Waals surface area (Å²) in [5.74, 6) is 2.61. The largest absolute Gasteiger partial charge is 0.464 e. The van der Waals surface area contributed by atoms with Gasteiger partial charge in [0, 0.05) is 24.0 Å². The Kier molecular flexibility index (Phi) is 5.46. The highest BCUT2D eigenvalue weighted by atomic mass is 32.2. The Hall–Kier alpha value is -3.37. The van der Waals surface area contributed by atoms with E-state index in [2.05, 4.69) is 55.8 Å². The molecule has 34 heavy (non-hydrogen) atoms. The van der Waals surface area contributed by atoms with Gasteiger partial charge in [0.05, 0.1) is 23.1 Å². The summed E-state index contributed by atoms with van der Waals surface area (Å²) in [6, 6.07) is 12.0. The van der Waals surface area contributed by atoms with Crippen LogP contribution in [-0.2, 0) is 5.75 Å². The number of rotatable bonds is 6. The Balaban J connectivity index is 1.32. The first-order chi connectivity index (χ1) is 16.7. The number of H-pyrrole nitrogens is 1. The van der Waals surface area contributed by atoms with Gasteiger partial charge in [0.25, 0.3) is 5.56 Å². The molecule has 0 saturated carbocycles. The number of hydrogen-bond acceptors (Lipinski definition) is 8. The maximum Gasteiger partial charge on any atom is 0.260 e. The molecule has 6 rings (SSSR count). The lowest BCUT2D eigenvalue weighted by Crippen LogP contribution is -2.22. The first kappa shape index (κ1) is 21.2. The average molecular weight is 491 g/mol. The van der Waals surface area contributed by atoms with Crippen LogP contribution in [0.25, 0.3) is 27.2 Å². The standard InChI is InChI=1S/C24H22N6O2S2/c1-15-6-8-16(9-7-15)30-23(29-10-2-3-11-29)27-28-24(30)34-14-19-25-21(31)20-17(13-33-22(20)26-19)18-5-4-12-32-18/h4-9,12-13H,2-3,10-11,14H2,1H3,(H,25,26,31). The number of nitrogens with zero attached hydrogens (tertiary/aromatic N) is 5. The van der Waals surface area contributed by atoms with Crippen molar-refractivity contribution in [1.82, 2.24) is 24.7 Å². The number of furan rings is 1. The molecular weight excluding hydrogens is 468 g/mol. The van der Waals surface area contributed by atoms with Crippen molar-refractivity contribution in [3.63, 3.8) is 0 Å². The van der Waals surface area contributed by atoms with Gasteiger partial charge in [-0.2, -0.15) is 0 Å². The van der Waals surface area contributed by atoms with Gasteiger partial charge < -0.3 is 14.3 Å². The monoisotopic (exact) mass is 490 g/mol. The topological polar surface area (TPSA) is 92.8 Å². The van der Waals surface area contributed by atoms with Crippen molar-refractivity contribution in [2.24, 2.45) is 0 Å². The molecule has 5 aromatic rings. The molecule has 1 saturated heterocycles. The molecule has 172 valence electrons. The maximum absolute atomic E-state index is 12.9. The number of hydrogen-bond donors (Lipinski definition) is 1. The van der Waals surface area contributed by atoms with E-state index in [1.807, 2.05) is 17.5 Å². The first-order valence-corrected chi connectivity index (χ1v) is 13.0. The van der Waals surface area contributed by atoms with Crippen molar-refractivity contribution in [2.75, 3.05) is 18.0 Å². The third-order valence-electron chi connectivity index (χ3n) is 5.91. The molecule has 1 N–H and O–H groups in total. The number of thiophene rings is 1. The van der Waals surface area contributed by atoms with Crippen LogP contribution in [0.15, 0.2) is 62.4 Å². The highest BCUT2D eigenvalue weighted by molar-refractivity contribution is 7.98. The molecule has 0 amide bonds. The fourth-order valence-electron chi connectivity index (χ4n) is 4.21. The number of thioether (sulfide) groups is 1. The molecule has 0 spiro atoms. The highest BCUT2D eigenvalue weighted by Gasteiger charge is 2.23. The normalized spacial score (nSPS) is 13.9. The summed E-state index contributed by atoms with van der Waals surface area (Å²) < 4.78 is 7.59. The van der Waals surface area contributed by atoms with Crippen LogP contribution in [0.2, 0.25) is 0 Å². The Morgan fingerprint density at radius 1 is 1.15 bits per heavy atom. The second-order valence-electron chi connectivity index (χ2n) is 8.26. The summed E-state index contributed by atoms with van der Waals surface area (Å²) in [7, 11) is 0. The van der Waals surface area contributed by atoms with Crippen LogP contribution >= 0.6 is 23.1 Å². The second kappa shape index (κ2) is 8.77. The van der Waals surface area contributed by atoms with Gasteiger partial charge in [0.15, 0.2) is 5.16 Å². The quantitative estimate of drug-likeness (QED) is 0.334. The Bertz CT molecular complexity index is 1500. The van der Waals surface area contributed by atoms with Gasteiger partial charge in [-0.1, -0.05) is 29.5 Å². The van der Waals surface area contributed by atoms with Crippen LogP contribution in [0.1, 0.15) is 24.2 Å². The van der Waals surface area contributed by atoms with Gasteiger partial charge in [-0.05, 0) is 44.0 Å². The lowest BCUT2D eigenvalue weighted by Gasteiger charge is -2.18. The van der Waals surface area contributed by atoms with Crippen molar-refractivity contribution in [3.8, 4) is 17.0 Å². The second-order valence-corrected chi connectivity index (χ2v) is 10.1. The van der Waals surface area contributed by atoms with Crippen molar-refractivity contribution >= 4 is 39.3 Å². The van der Waals surface area contributed by atoms with E-state index in [9.17, 15) is 4.79 Å². The predicted molar refractivity (Wildman–Crippen MR) is 135 cm³/mol.